The van der Waals surface area contributed by atoms with Crippen LogP contribution in [0.3, 0.4) is 0 Å². The Morgan fingerprint density at radius 1 is 1.07 bits per heavy atom. The lowest BCUT2D eigenvalue weighted by Gasteiger charge is -2.64. The highest BCUT2D eigenvalue weighted by Crippen LogP contribution is 2.69. The summed E-state index contributed by atoms with van der Waals surface area (Å²) >= 11 is 0. The number of carbonyl (C=O) groups is 1. The van der Waals surface area contributed by atoms with Gasteiger partial charge in [-0.2, -0.15) is 0 Å². The lowest BCUT2D eigenvalue weighted by molar-refractivity contribution is -0.202. The van der Waals surface area contributed by atoms with Gasteiger partial charge in [-0.1, -0.05) is 27.2 Å². The van der Waals surface area contributed by atoms with Crippen molar-refractivity contribution in [3.63, 3.8) is 0 Å². The van der Waals surface area contributed by atoms with E-state index in [-0.39, 0.29) is 46.4 Å². The number of hydrogen-bond acceptors (Lipinski definition) is 9. The van der Waals surface area contributed by atoms with Crippen LogP contribution in [-0.2, 0) is 19.5 Å². The molecule has 0 bridgehead atoms. The van der Waals surface area contributed by atoms with Gasteiger partial charge >= 0.3 is 6.09 Å². The Hall–Kier alpha value is -1.95. The molecule has 6 rings (SSSR count). The van der Waals surface area contributed by atoms with Crippen LogP contribution in [0.25, 0.3) is 0 Å². The van der Waals surface area contributed by atoms with Crippen molar-refractivity contribution in [2.45, 2.75) is 95.7 Å². The Morgan fingerprint density at radius 2 is 1.80 bits per heavy atom. The number of nitrogens with one attached hydrogen (secondary N) is 1. The number of carbonyl (C=O) groups excluding carboxylic acids is 1. The van der Waals surface area contributed by atoms with Crippen LogP contribution in [-0.4, -0.2) is 74.8 Å². The van der Waals surface area contributed by atoms with E-state index < -0.39 is 16.1 Å². The molecular formula is C33H51N3O7S. The van der Waals surface area contributed by atoms with Crippen molar-refractivity contribution in [2.24, 2.45) is 46.3 Å². The number of rotatable bonds is 7. The first kappa shape index (κ1) is 32.0. The van der Waals surface area contributed by atoms with Crippen LogP contribution in [0, 0.1) is 46.3 Å². The lowest BCUT2D eigenvalue weighted by Crippen LogP contribution is -2.62. The normalized spacial score (nSPS) is 40.4. The van der Waals surface area contributed by atoms with Crippen molar-refractivity contribution in [1.29, 1.82) is 0 Å². The number of sulfonamides is 1. The molecule has 10 atom stereocenters. The Kier molecular flexibility index (Phi) is 8.98. The maximum atomic E-state index is 12.8. The Bertz CT molecular complexity index is 1290. The molecule has 0 aromatic carbocycles. The summed E-state index contributed by atoms with van der Waals surface area (Å²) < 4.78 is 38.5. The van der Waals surface area contributed by atoms with Crippen LogP contribution in [0.2, 0.25) is 0 Å². The van der Waals surface area contributed by atoms with Crippen molar-refractivity contribution in [3.05, 3.63) is 18.3 Å². The van der Waals surface area contributed by atoms with Gasteiger partial charge in [0.2, 0.25) is 0 Å². The molecule has 4 aliphatic carbocycles. The molecule has 4 saturated carbocycles. The first-order chi connectivity index (χ1) is 21.0. The average Bonchev–Trinajstić information content (AvgIpc) is 3.34. The lowest BCUT2D eigenvalue weighted by atomic mass is 9.41. The summed E-state index contributed by atoms with van der Waals surface area (Å²) in [6, 6.07) is 3.09. The van der Waals surface area contributed by atoms with Gasteiger partial charge in [0.25, 0.3) is 10.0 Å². The molecule has 0 unspecified atom stereocenters. The molecule has 10 nitrogen and oxygen atoms in total. The van der Waals surface area contributed by atoms with Crippen molar-refractivity contribution in [3.8, 4) is 0 Å². The van der Waals surface area contributed by atoms with Crippen molar-refractivity contribution < 1.29 is 32.9 Å². The molecule has 1 amide bonds. The van der Waals surface area contributed by atoms with Crippen LogP contribution in [0.1, 0.15) is 78.6 Å². The number of ether oxygens (including phenoxy) is 2. The second kappa shape index (κ2) is 12.3. The molecule has 246 valence electrons. The quantitative estimate of drug-likeness (QED) is 0.400. The smallest absolute Gasteiger partial charge is 0.421 e. The standard InChI is InChI=1S/C33H51N3O7S/c1-4-24-27-19-22(37)9-12-33(27,3)26-10-13-32(2)21(5-7-25(32)29(26)30(24)38)11-16-43-31(39)35-44(40,41)23-6-8-28(34-20-23)36-14-17-42-18-15-36/h6,8,20-22,24-27,29-30,37-38H,4-5,7,9-19H2,1-3H3,(H,35,39)/t21-,22-,24-,25+,26+,27+,29+,30-,32-,33-/m1/s1. The summed E-state index contributed by atoms with van der Waals surface area (Å²) in [7, 11) is -4.11. The fourth-order valence-corrected chi connectivity index (χ4v) is 11.4. The molecule has 0 spiro atoms. The van der Waals surface area contributed by atoms with Crippen LogP contribution in [0.4, 0.5) is 10.6 Å². The molecule has 11 heteroatoms. The van der Waals surface area contributed by atoms with Crippen molar-refractivity contribution >= 4 is 21.9 Å². The zero-order chi connectivity index (χ0) is 31.3. The minimum Gasteiger partial charge on any atom is -0.449 e. The molecule has 1 aliphatic heterocycles. The molecule has 44 heavy (non-hydrogen) atoms. The Labute approximate surface area is 262 Å². The molecular weight excluding hydrogens is 582 g/mol. The number of fused-ring (bicyclic) bond motifs is 5. The molecule has 3 N–H and O–H groups in total. The number of aliphatic hydroxyl groups is 2. The zero-order valence-electron chi connectivity index (χ0n) is 26.5. The predicted octanol–water partition coefficient (Wildman–Crippen LogP) is 4.35. The molecule has 5 aliphatic rings. The number of amides is 1. The monoisotopic (exact) mass is 633 g/mol. The third kappa shape index (κ3) is 5.64. The highest BCUT2D eigenvalue weighted by Gasteiger charge is 2.64. The van der Waals surface area contributed by atoms with Crippen LogP contribution in [0.5, 0.6) is 0 Å². The average molecular weight is 634 g/mol. The molecule has 2 heterocycles. The first-order valence-corrected chi connectivity index (χ1v) is 18.3. The summed E-state index contributed by atoms with van der Waals surface area (Å²) in [4.78, 5) is 18.8. The van der Waals surface area contributed by atoms with Gasteiger partial charge in [0.15, 0.2) is 0 Å². The first-order valence-electron chi connectivity index (χ1n) is 16.8. The number of aromatic nitrogens is 1. The highest BCUT2D eigenvalue weighted by atomic mass is 32.2. The number of aliphatic hydroxyl groups excluding tert-OH is 2. The van der Waals surface area contributed by atoms with E-state index in [9.17, 15) is 23.4 Å². The number of anilines is 1. The Balaban J connectivity index is 1.05. The van der Waals surface area contributed by atoms with Gasteiger partial charge < -0.3 is 24.6 Å². The second-order valence-electron chi connectivity index (χ2n) is 14.7. The van der Waals surface area contributed by atoms with Crippen LogP contribution < -0.4 is 9.62 Å². The van der Waals surface area contributed by atoms with E-state index in [0.717, 1.165) is 51.4 Å². The van der Waals surface area contributed by atoms with Crippen LogP contribution >= 0.6 is 0 Å². The maximum Gasteiger partial charge on any atom is 0.421 e. The van der Waals surface area contributed by atoms with Gasteiger partial charge in [0, 0.05) is 19.3 Å². The molecule has 1 aromatic rings. The summed E-state index contributed by atoms with van der Waals surface area (Å²) in [5, 5.41) is 22.4. The summed E-state index contributed by atoms with van der Waals surface area (Å²) in [5.74, 6) is 2.76. The molecule has 1 aromatic heterocycles. The Morgan fingerprint density at radius 3 is 2.50 bits per heavy atom. The van der Waals surface area contributed by atoms with E-state index in [2.05, 4.69) is 25.8 Å². The number of pyridine rings is 1. The summed E-state index contributed by atoms with van der Waals surface area (Å²) in [6.45, 7) is 9.74. The number of hydrogen-bond donors (Lipinski definition) is 3. The van der Waals surface area contributed by atoms with Gasteiger partial charge in [-0.25, -0.2) is 22.9 Å². The number of nitrogens with zero attached hydrogens (tertiary/aromatic N) is 2. The minimum absolute atomic E-state index is 0.0532. The largest absolute Gasteiger partial charge is 0.449 e. The summed E-state index contributed by atoms with van der Waals surface area (Å²) in [5.41, 5.74) is 0.214. The van der Waals surface area contributed by atoms with E-state index in [1.807, 2.05) is 9.62 Å². The second-order valence-corrected chi connectivity index (χ2v) is 16.4. The molecule has 0 radical (unpaired) electrons. The highest BCUT2D eigenvalue weighted by molar-refractivity contribution is 7.90. The van der Waals surface area contributed by atoms with E-state index in [0.29, 0.717) is 62.2 Å². The van der Waals surface area contributed by atoms with Gasteiger partial charge in [-0.3, -0.25) is 0 Å². The fourth-order valence-electron chi connectivity index (χ4n) is 10.5. The van der Waals surface area contributed by atoms with E-state index in [1.165, 1.54) is 12.3 Å². The predicted molar refractivity (Wildman–Crippen MR) is 165 cm³/mol. The van der Waals surface area contributed by atoms with Gasteiger partial charge in [-0.15, -0.1) is 0 Å². The zero-order valence-corrected chi connectivity index (χ0v) is 27.3. The van der Waals surface area contributed by atoms with Gasteiger partial charge in [-0.05, 0) is 110 Å². The van der Waals surface area contributed by atoms with Gasteiger partial charge in [0.1, 0.15) is 10.7 Å². The minimum atomic E-state index is -4.11. The third-order valence-corrected chi connectivity index (χ3v) is 14.2. The maximum absolute atomic E-state index is 12.8. The van der Waals surface area contributed by atoms with E-state index in [1.54, 1.807) is 6.07 Å². The van der Waals surface area contributed by atoms with E-state index in [4.69, 9.17) is 9.47 Å². The fraction of sp³-hybridized carbons (Fsp3) is 0.818. The van der Waals surface area contributed by atoms with Gasteiger partial charge in [0.05, 0.1) is 32.0 Å². The van der Waals surface area contributed by atoms with Crippen LogP contribution in [0.15, 0.2) is 23.2 Å². The topological polar surface area (TPSA) is 138 Å². The summed E-state index contributed by atoms with van der Waals surface area (Å²) in [6.07, 6.45) is 8.27. The van der Waals surface area contributed by atoms with Crippen molar-refractivity contribution in [2.75, 3.05) is 37.8 Å². The number of morpholine rings is 1. The SMILES string of the molecule is CC[C@H]1[C@@H](O)[C@@H]2[C@H](CC[C@]3(C)[C@@H](CCOC(=O)NS(=O)(=O)c4ccc(N5CCOCC5)nc4)CC[C@@H]23)[C@@]2(C)CC[C@@H](O)C[C@@H]12. The molecule has 1 saturated heterocycles. The third-order valence-electron chi connectivity index (χ3n) is 12.9. The van der Waals surface area contributed by atoms with Crippen molar-refractivity contribution in [1.82, 2.24) is 9.71 Å². The molecule has 5 fully saturated rings. The van der Waals surface area contributed by atoms with E-state index >= 15 is 0 Å².